The molecule has 0 spiro atoms. The number of allylic oxidation sites excluding steroid dienone is 1. The third-order valence-electron chi connectivity index (χ3n) is 3.60. The molecule has 1 aliphatic heterocycles. The Balaban J connectivity index is 0.00000180. The van der Waals surface area contributed by atoms with Gasteiger partial charge in [-0.3, -0.25) is 4.79 Å². The molecule has 0 aromatic heterocycles. The first-order valence-corrected chi connectivity index (χ1v) is 6.45. The molecule has 104 valence electrons. The van der Waals surface area contributed by atoms with Crippen LogP contribution in [0.4, 0.5) is 0 Å². The maximum absolute atomic E-state index is 12.3. The van der Waals surface area contributed by atoms with Crippen LogP contribution in [-0.4, -0.2) is 23.9 Å². The van der Waals surface area contributed by atoms with Crippen molar-refractivity contribution in [1.29, 1.82) is 0 Å². The normalized spacial score (nSPS) is 15.7. The van der Waals surface area contributed by atoms with E-state index in [1.807, 2.05) is 35.2 Å². The predicted molar refractivity (Wildman–Crippen MR) is 80.4 cm³/mol. The summed E-state index contributed by atoms with van der Waals surface area (Å²) < 4.78 is 0. The van der Waals surface area contributed by atoms with Crippen LogP contribution in [0, 0.1) is 5.92 Å². The van der Waals surface area contributed by atoms with Crippen molar-refractivity contribution in [2.75, 3.05) is 13.1 Å². The van der Waals surface area contributed by atoms with Crippen molar-refractivity contribution in [3.05, 3.63) is 48.0 Å². The number of amides is 1. The van der Waals surface area contributed by atoms with Crippen LogP contribution in [-0.2, 0) is 6.54 Å². The van der Waals surface area contributed by atoms with E-state index in [0.29, 0.717) is 12.5 Å². The highest BCUT2D eigenvalue weighted by molar-refractivity contribution is 5.94. The summed E-state index contributed by atoms with van der Waals surface area (Å²) in [4.78, 5) is 14.2. The molecule has 0 aliphatic carbocycles. The number of rotatable bonds is 3. The number of carbonyl (C=O) groups excluding carboxylic acids is 1. The zero-order valence-corrected chi connectivity index (χ0v) is 11.9. The van der Waals surface area contributed by atoms with Crippen molar-refractivity contribution in [2.24, 2.45) is 11.7 Å². The molecule has 1 saturated heterocycles. The summed E-state index contributed by atoms with van der Waals surface area (Å²) in [6.07, 6.45) is 4.05. The molecule has 1 aliphatic rings. The minimum absolute atomic E-state index is 0. The Hall–Kier alpha value is -1.32. The van der Waals surface area contributed by atoms with Crippen molar-refractivity contribution in [1.82, 2.24) is 4.90 Å². The molecule has 1 aromatic carbocycles. The van der Waals surface area contributed by atoms with E-state index in [-0.39, 0.29) is 18.3 Å². The zero-order valence-electron chi connectivity index (χ0n) is 11.0. The SMILES string of the molecule is C=CC1CCN(C(=O)c2ccc(CN)cc2)CC1.Cl. The van der Waals surface area contributed by atoms with Crippen LogP contribution in [0.15, 0.2) is 36.9 Å². The Bertz CT molecular complexity index is 422. The van der Waals surface area contributed by atoms with Crippen LogP contribution in [0.5, 0.6) is 0 Å². The molecule has 0 bridgehead atoms. The van der Waals surface area contributed by atoms with Gasteiger partial charge in [0, 0.05) is 25.2 Å². The largest absolute Gasteiger partial charge is 0.339 e. The minimum Gasteiger partial charge on any atom is -0.339 e. The maximum Gasteiger partial charge on any atom is 0.253 e. The van der Waals surface area contributed by atoms with Crippen LogP contribution in [0.2, 0.25) is 0 Å². The summed E-state index contributed by atoms with van der Waals surface area (Å²) >= 11 is 0. The van der Waals surface area contributed by atoms with Crippen molar-refractivity contribution in [3.63, 3.8) is 0 Å². The molecule has 4 heteroatoms. The molecule has 0 unspecified atom stereocenters. The van der Waals surface area contributed by atoms with Gasteiger partial charge in [-0.15, -0.1) is 19.0 Å². The molecular formula is C15H21ClN2O. The predicted octanol–water partition coefficient (Wildman–Crippen LogP) is 2.61. The molecule has 1 aromatic rings. The summed E-state index contributed by atoms with van der Waals surface area (Å²) in [6.45, 7) is 5.98. The van der Waals surface area contributed by atoms with Gasteiger partial charge in [-0.1, -0.05) is 18.2 Å². The highest BCUT2D eigenvalue weighted by atomic mass is 35.5. The molecule has 0 radical (unpaired) electrons. The lowest BCUT2D eigenvalue weighted by Gasteiger charge is -2.30. The minimum atomic E-state index is 0. The van der Waals surface area contributed by atoms with Gasteiger partial charge in [-0.25, -0.2) is 0 Å². The smallest absolute Gasteiger partial charge is 0.253 e. The Morgan fingerprint density at radius 1 is 1.32 bits per heavy atom. The number of nitrogens with zero attached hydrogens (tertiary/aromatic N) is 1. The van der Waals surface area contributed by atoms with Gasteiger partial charge in [-0.05, 0) is 36.5 Å². The molecule has 1 fully saturated rings. The number of nitrogens with two attached hydrogens (primary N) is 1. The molecule has 19 heavy (non-hydrogen) atoms. The van der Waals surface area contributed by atoms with Crippen molar-refractivity contribution in [3.8, 4) is 0 Å². The van der Waals surface area contributed by atoms with Crippen LogP contribution >= 0.6 is 12.4 Å². The van der Waals surface area contributed by atoms with E-state index in [1.165, 1.54) is 0 Å². The lowest BCUT2D eigenvalue weighted by Crippen LogP contribution is -2.38. The van der Waals surface area contributed by atoms with E-state index in [1.54, 1.807) is 0 Å². The van der Waals surface area contributed by atoms with Gasteiger partial charge in [0.2, 0.25) is 0 Å². The van der Waals surface area contributed by atoms with Crippen LogP contribution in [0.1, 0.15) is 28.8 Å². The summed E-state index contributed by atoms with van der Waals surface area (Å²) in [5.74, 6) is 0.690. The van der Waals surface area contributed by atoms with Gasteiger partial charge < -0.3 is 10.6 Å². The van der Waals surface area contributed by atoms with Gasteiger partial charge in [0.15, 0.2) is 0 Å². The molecular weight excluding hydrogens is 260 g/mol. The molecule has 3 nitrogen and oxygen atoms in total. The lowest BCUT2D eigenvalue weighted by atomic mass is 9.96. The summed E-state index contributed by atoms with van der Waals surface area (Å²) in [5, 5.41) is 0. The fraction of sp³-hybridized carbons (Fsp3) is 0.400. The zero-order chi connectivity index (χ0) is 13.0. The van der Waals surface area contributed by atoms with Gasteiger partial charge >= 0.3 is 0 Å². The highest BCUT2D eigenvalue weighted by Gasteiger charge is 2.21. The van der Waals surface area contributed by atoms with Gasteiger partial charge in [0.25, 0.3) is 5.91 Å². The van der Waals surface area contributed by atoms with Crippen molar-refractivity contribution < 1.29 is 4.79 Å². The average Bonchev–Trinajstić information content (AvgIpc) is 2.47. The summed E-state index contributed by atoms with van der Waals surface area (Å²) in [5.41, 5.74) is 7.35. The molecule has 2 N–H and O–H groups in total. The van der Waals surface area contributed by atoms with Crippen molar-refractivity contribution >= 4 is 18.3 Å². The third kappa shape index (κ3) is 3.82. The number of hydrogen-bond donors (Lipinski definition) is 1. The van der Waals surface area contributed by atoms with Crippen LogP contribution < -0.4 is 5.73 Å². The van der Waals surface area contributed by atoms with Gasteiger partial charge in [-0.2, -0.15) is 0 Å². The number of halogens is 1. The fourth-order valence-electron chi connectivity index (χ4n) is 2.30. The van der Waals surface area contributed by atoms with E-state index < -0.39 is 0 Å². The lowest BCUT2D eigenvalue weighted by molar-refractivity contribution is 0.0705. The van der Waals surface area contributed by atoms with E-state index in [0.717, 1.165) is 37.1 Å². The Morgan fingerprint density at radius 2 is 1.89 bits per heavy atom. The van der Waals surface area contributed by atoms with Gasteiger partial charge in [0.05, 0.1) is 0 Å². The molecule has 2 rings (SSSR count). The Labute approximate surface area is 120 Å². The van der Waals surface area contributed by atoms with Crippen LogP contribution in [0.25, 0.3) is 0 Å². The molecule has 0 atom stereocenters. The number of benzene rings is 1. The van der Waals surface area contributed by atoms with E-state index in [2.05, 4.69) is 6.58 Å². The second kappa shape index (κ2) is 7.31. The highest BCUT2D eigenvalue weighted by Crippen LogP contribution is 2.19. The Kier molecular flexibility index (Phi) is 6.06. The Morgan fingerprint density at radius 3 is 2.37 bits per heavy atom. The summed E-state index contributed by atoms with van der Waals surface area (Å²) in [6, 6.07) is 7.57. The van der Waals surface area contributed by atoms with Crippen LogP contribution in [0.3, 0.4) is 0 Å². The average molecular weight is 281 g/mol. The number of piperidine rings is 1. The first-order valence-electron chi connectivity index (χ1n) is 6.45. The number of likely N-dealkylation sites (tertiary alicyclic amines) is 1. The van der Waals surface area contributed by atoms with E-state index in [4.69, 9.17) is 5.73 Å². The van der Waals surface area contributed by atoms with E-state index >= 15 is 0 Å². The first kappa shape index (κ1) is 15.7. The quantitative estimate of drug-likeness (QED) is 0.865. The first-order chi connectivity index (χ1) is 8.74. The number of carbonyl (C=O) groups is 1. The van der Waals surface area contributed by atoms with E-state index in [9.17, 15) is 4.79 Å². The molecule has 1 amide bonds. The van der Waals surface area contributed by atoms with Crippen molar-refractivity contribution in [2.45, 2.75) is 19.4 Å². The topological polar surface area (TPSA) is 46.3 Å². The summed E-state index contributed by atoms with van der Waals surface area (Å²) in [7, 11) is 0. The standard InChI is InChI=1S/C15H20N2O.ClH/c1-2-12-7-9-17(10-8-12)15(18)14-5-3-13(11-16)4-6-14;/h2-6,12H,1,7-11,16H2;1H. The molecule has 0 saturated carbocycles. The monoisotopic (exact) mass is 280 g/mol. The second-order valence-electron chi connectivity index (χ2n) is 4.77. The second-order valence-corrected chi connectivity index (χ2v) is 4.77. The molecule has 1 heterocycles. The number of hydrogen-bond acceptors (Lipinski definition) is 2. The van der Waals surface area contributed by atoms with Gasteiger partial charge in [0.1, 0.15) is 0 Å². The fourth-order valence-corrected chi connectivity index (χ4v) is 2.30. The third-order valence-corrected chi connectivity index (χ3v) is 3.60. The maximum atomic E-state index is 12.3.